The van der Waals surface area contributed by atoms with Crippen molar-refractivity contribution >= 4 is 26.0 Å². The summed E-state index contributed by atoms with van der Waals surface area (Å²) in [6.07, 6.45) is 0.613. The van der Waals surface area contributed by atoms with Crippen molar-refractivity contribution in [3.8, 4) is 0 Å². The second kappa shape index (κ2) is 8.62. The molecule has 0 aromatic heterocycles. The second-order valence-corrected chi connectivity index (χ2v) is 10.8. The van der Waals surface area contributed by atoms with Crippen molar-refractivity contribution in [2.45, 2.75) is 37.8 Å². The van der Waals surface area contributed by atoms with E-state index in [1.807, 2.05) is 6.92 Å². The standard InChI is InChI=1S/C18H26N2O6S2/c1-5-9-20(28(24,25)15-8-7-13(3)14(4)10-15)17-12-27(22,23)11-16(17)19-18(21)26-6-2/h5,7-8,10,16-17H,1,6,9,11-12H2,2-4H3,(H,19,21)/t16-,17-/m0/s1. The molecule has 8 nitrogen and oxygen atoms in total. The highest BCUT2D eigenvalue weighted by atomic mass is 32.2. The summed E-state index contributed by atoms with van der Waals surface area (Å²) in [5, 5.41) is 2.49. The van der Waals surface area contributed by atoms with Crippen molar-refractivity contribution in [3.05, 3.63) is 42.0 Å². The third-order valence-electron chi connectivity index (χ3n) is 4.67. The van der Waals surface area contributed by atoms with Gasteiger partial charge >= 0.3 is 6.09 Å². The van der Waals surface area contributed by atoms with Crippen LogP contribution in [0.15, 0.2) is 35.7 Å². The Morgan fingerprint density at radius 3 is 2.57 bits per heavy atom. The summed E-state index contributed by atoms with van der Waals surface area (Å²) in [4.78, 5) is 11.9. The van der Waals surface area contributed by atoms with Crippen molar-refractivity contribution in [2.24, 2.45) is 0 Å². The third-order valence-corrected chi connectivity index (χ3v) is 8.27. The minimum Gasteiger partial charge on any atom is -0.450 e. The maximum atomic E-state index is 13.3. The summed E-state index contributed by atoms with van der Waals surface area (Å²) in [6, 6.07) is 2.88. The quantitative estimate of drug-likeness (QED) is 0.655. The minimum absolute atomic E-state index is 0.0663. The Hall–Kier alpha value is -1.91. The lowest BCUT2D eigenvalue weighted by Crippen LogP contribution is -2.53. The van der Waals surface area contributed by atoms with Gasteiger partial charge in [0.1, 0.15) is 0 Å². The van der Waals surface area contributed by atoms with Gasteiger partial charge in [-0.25, -0.2) is 21.6 Å². The first kappa shape index (κ1) is 22.4. The van der Waals surface area contributed by atoms with Crippen LogP contribution in [0.2, 0.25) is 0 Å². The Morgan fingerprint density at radius 2 is 2.00 bits per heavy atom. The van der Waals surface area contributed by atoms with Crippen LogP contribution < -0.4 is 5.32 Å². The molecule has 1 aliphatic rings. The largest absolute Gasteiger partial charge is 0.450 e. The number of nitrogens with zero attached hydrogens (tertiary/aromatic N) is 1. The molecule has 1 heterocycles. The van der Waals surface area contributed by atoms with Crippen molar-refractivity contribution < 1.29 is 26.4 Å². The SMILES string of the molecule is C=CCN([C@H]1CS(=O)(=O)C[C@@H]1NC(=O)OCC)S(=O)(=O)c1ccc(C)c(C)c1. The molecule has 1 amide bonds. The predicted molar refractivity (Wildman–Crippen MR) is 106 cm³/mol. The van der Waals surface area contributed by atoms with Crippen LogP contribution in [0.25, 0.3) is 0 Å². The van der Waals surface area contributed by atoms with Crippen LogP contribution in [0.3, 0.4) is 0 Å². The van der Waals surface area contributed by atoms with Crippen LogP contribution >= 0.6 is 0 Å². The van der Waals surface area contributed by atoms with E-state index in [4.69, 9.17) is 4.74 Å². The topological polar surface area (TPSA) is 110 Å². The number of ether oxygens (including phenoxy) is 1. The molecule has 0 radical (unpaired) electrons. The number of sulfonamides is 1. The summed E-state index contributed by atoms with van der Waals surface area (Å²) >= 11 is 0. The number of carbonyl (C=O) groups is 1. The van der Waals surface area contributed by atoms with Gasteiger partial charge in [-0.1, -0.05) is 12.1 Å². The van der Waals surface area contributed by atoms with E-state index in [1.54, 1.807) is 26.0 Å². The smallest absolute Gasteiger partial charge is 0.407 e. The number of aryl methyl sites for hydroxylation is 2. The van der Waals surface area contributed by atoms with Gasteiger partial charge in [0.15, 0.2) is 9.84 Å². The number of alkyl carbamates (subject to hydrolysis) is 1. The summed E-state index contributed by atoms with van der Waals surface area (Å²) in [7, 11) is -7.55. The maximum absolute atomic E-state index is 13.3. The Bertz CT molecular complexity index is 956. The molecule has 1 aromatic carbocycles. The summed E-state index contributed by atoms with van der Waals surface area (Å²) in [5.41, 5.74) is 1.75. The van der Waals surface area contributed by atoms with E-state index in [9.17, 15) is 21.6 Å². The first-order valence-electron chi connectivity index (χ1n) is 8.85. The summed E-state index contributed by atoms with van der Waals surface area (Å²) < 4.78 is 56.9. The fourth-order valence-corrected chi connectivity index (χ4v) is 6.86. The molecule has 2 rings (SSSR count). The van der Waals surface area contributed by atoms with Crippen LogP contribution in [-0.4, -0.2) is 64.0 Å². The average Bonchev–Trinajstić information content (AvgIpc) is 2.88. The highest BCUT2D eigenvalue weighted by Crippen LogP contribution is 2.26. The summed E-state index contributed by atoms with van der Waals surface area (Å²) in [5.74, 6) is -0.742. The molecule has 0 saturated carbocycles. The van der Waals surface area contributed by atoms with Gasteiger partial charge in [0.2, 0.25) is 10.0 Å². The summed E-state index contributed by atoms with van der Waals surface area (Å²) in [6.45, 7) is 8.92. The molecule has 1 fully saturated rings. The maximum Gasteiger partial charge on any atom is 0.407 e. The fourth-order valence-electron chi connectivity index (χ4n) is 3.12. The lowest BCUT2D eigenvalue weighted by molar-refractivity contribution is 0.145. The molecule has 10 heteroatoms. The monoisotopic (exact) mass is 430 g/mol. The van der Waals surface area contributed by atoms with E-state index in [2.05, 4.69) is 11.9 Å². The second-order valence-electron chi connectivity index (χ2n) is 6.73. The van der Waals surface area contributed by atoms with E-state index in [0.29, 0.717) is 0 Å². The zero-order valence-corrected chi connectivity index (χ0v) is 17.8. The normalized spacial score (nSPS) is 21.4. The number of rotatable bonds is 7. The van der Waals surface area contributed by atoms with Gasteiger partial charge in [-0.05, 0) is 44.0 Å². The van der Waals surface area contributed by atoms with Crippen LogP contribution in [-0.2, 0) is 24.6 Å². The third kappa shape index (κ3) is 4.92. The highest BCUT2D eigenvalue weighted by molar-refractivity contribution is 7.92. The lowest BCUT2D eigenvalue weighted by atomic mass is 10.1. The molecule has 1 aromatic rings. The van der Waals surface area contributed by atoms with Gasteiger partial charge in [0, 0.05) is 6.54 Å². The molecule has 0 aliphatic carbocycles. The van der Waals surface area contributed by atoms with Gasteiger partial charge in [-0.3, -0.25) is 0 Å². The number of hydrogen-bond acceptors (Lipinski definition) is 6. The van der Waals surface area contributed by atoms with Crippen molar-refractivity contribution in [2.75, 3.05) is 24.7 Å². The fraction of sp³-hybridized carbons (Fsp3) is 0.500. The molecule has 156 valence electrons. The number of nitrogens with one attached hydrogen (secondary N) is 1. The molecular weight excluding hydrogens is 404 g/mol. The van der Waals surface area contributed by atoms with Crippen LogP contribution in [0.5, 0.6) is 0 Å². The lowest BCUT2D eigenvalue weighted by Gasteiger charge is -2.30. The number of carbonyl (C=O) groups excluding carboxylic acids is 1. The Labute approximate surface area is 166 Å². The first-order chi connectivity index (χ1) is 13.0. The van der Waals surface area contributed by atoms with Gasteiger partial charge < -0.3 is 10.1 Å². The van der Waals surface area contributed by atoms with Gasteiger partial charge in [-0.2, -0.15) is 4.31 Å². The van der Waals surface area contributed by atoms with E-state index in [-0.39, 0.29) is 29.6 Å². The zero-order valence-electron chi connectivity index (χ0n) is 16.2. The van der Waals surface area contributed by atoms with Crippen molar-refractivity contribution in [3.63, 3.8) is 0 Å². The Kier molecular flexibility index (Phi) is 6.89. The molecule has 1 saturated heterocycles. The molecule has 0 bridgehead atoms. The predicted octanol–water partition coefficient (Wildman–Crippen LogP) is 1.39. The average molecular weight is 431 g/mol. The number of benzene rings is 1. The molecule has 1 aliphatic heterocycles. The van der Waals surface area contributed by atoms with Crippen LogP contribution in [0, 0.1) is 13.8 Å². The van der Waals surface area contributed by atoms with E-state index < -0.39 is 38.0 Å². The molecular formula is C18H26N2O6S2. The molecule has 28 heavy (non-hydrogen) atoms. The highest BCUT2D eigenvalue weighted by Gasteiger charge is 2.46. The molecule has 0 spiro atoms. The molecule has 0 unspecified atom stereocenters. The molecule has 1 N–H and O–H groups in total. The number of hydrogen-bond donors (Lipinski definition) is 1. The Morgan fingerprint density at radius 1 is 1.32 bits per heavy atom. The minimum atomic E-state index is -4.01. The van der Waals surface area contributed by atoms with E-state index in [1.165, 1.54) is 12.1 Å². The zero-order chi connectivity index (χ0) is 21.1. The van der Waals surface area contributed by atoms with E-state index >= 15 is 0 Å². The Balaban J connectivity index is 2.45. The van der Waals surface area contributed by atoms with Crippen LogP contribution in [0.4, 0.5) is 4.79 Å². The van der Waals surface area contributed by atoms with Crippen molar-refractivity contribution in [1.29, 1.82) is 0 Å². The number of sulfone groups is 1. The van der Waals surface area contributed by atoms with Crippen molar-refractivity contribution in [1.82, 2.24) is 9.62 Å². The van der Waals surface area contributed by atoms with Gasteiger partial charge in [-0.15, -0.1) is 6.58 Å². The van der Waals surface area contributed by atoms with Crippen LogP contribution in [0.1, 0.15) is 18.1 Å². The first-order valence-corrected chi connectivity index (χ1v) is 12.1. The number of amides is 1. The molecule has 2 atom stereocenters. The van der Waals surface area contributed by atoms with Gasteiger partial charge in [0.05, 0.1) is 35.1 Å². The van der Waals surface area contributed by atoms with E-state index in [0.717, 1.165) is 15.4 Å². The van der Waals surface area contributed by atoms with Gasteiger partial charge in [0.25, 0.3) is 0 Å².